The predicted octanol–water partition coefficient (Wildman–Crippen LogP) is 1.39. The summed E-state index contributed by atoms with van der Waals surface area (Å²) >= 11 is 1.80. The van der Waals surface area contributed by atoms with Gasteiger partial charge >= 0.3 is 0 Å². The summed E-state index contributed by atoms with van der Waals surface area (Å²) in [6, 6.07) is 0. The van der Waals surface area contributed by atoms with Gasteiger partial charge in [-0.05, 0) is 6.92 Å². The first-order valence-electron chi connectivity index (χ1n) is 1.50. The minimum Gasteiger partial charge on any atom is -0.452 e. The minimum atomic E-state index is -0.846. The lowest BCUT2D eigenvalue weighted by Crippen LogP contribution is -1.80. The summed E-state index contributed by atoms with van der Waals surface area (Å²) in [6.45, 7) is 2.43. The van der Waals surface area contributed by atoms with Gasteiger partial charge in [0.25, 0.3) is 0 Å². The normalized spacial score (nSPS) is 9.67. The number of rotatable bonds is 1. The lowest BCUT2D eigenvalue weighted by atomic mass is 10.9. The Hall–Kier alpha value is 0.750. The molecule has 2 nitrogen and oxygen atoms in total. The van der Waals surface area contributed by atoms with Gasteiger partial charge in [0.2, 0.25) is 0 Å². The standard InChI is InChI=1S/C2H5INOS/c1-2-5-6(3)4/h2H2,1H3/q-1. The maximum atomic E-state index is 8.34. The lowest BCUT2D eigenvalue weighted by Gasteiger charge is -2.01. The maximum absolute atomic E-state index is 8.34. The predicted molar refractivity (Wildman–Crippen MR) is 34.7 cm³/mol. The molecule has 0 aliphatic carbocycles. The summed E-state index contributed by atoms with van der Waals surface area (Å²) in [4.78, 5) is 0. The van der Waals surface area contributed by atoms with Crippen LogP contribution in [0.2, 0.25) is 0 Å². The number of hydrogen-bond donors (Lipinski definition) is 0. The van der Waals surface area contributed by atoms with Crippen molar-refractivity contribution in [2.75, 3.05) is 6.61 Å². The third kappa shape index (κ3) is 4.75. The van der Waals surface area contributed by atoms with Gasteiger partial charge in [-0.25, -0.2) is 0 Å². The van der Waals surface area contributed by atoms with Crippen LogP contribution in [0.3, 0.4) is 0 Å². The van der Waals surface area contributed by atoms with E-state index >= 15 is 0 Å². The molecule has 0 rings (SSSR count). The second kappa shape index (κ2) is 3.92. The summed E-state index contributed by atoms with van der Waals surface area (Å²) in [5, 5.41) is 0. The average Bonchev–Trinajstić information content (AvgIpc) is 1.35. The van der Waals surface area contributed by atoms with Gasteiger partial charge in [-0.3, -0.25) is 0 Å². The molecule has 0 amide bonds. The molecular formula is C2H5INOS-. The van der Waals surface area contributed by atoms with Crippen molar-refractivity contribution in [2.45, 2.75) is 6.92 Å². The molecule has 0 bridgehead atoms. The summed E-state index contributed by atoms with van der Waals surface area (Å²) < 4.78 is 13.0. The second-order valence-electron chi connectivity index (χ2n) is 0.613. The number of halogens is 1. The zero-order chi connectivity index (χ0) is 4.99. The van der Waals surface area contributed by atoms with Crippen molar-refractivity contribution < 1.29 is 4.18 Å². The zero-order valence-corrected chi connectivity index (χ0v) is 6.32. The quantitative estimate of drug-likeness (QED) is 0.492. The fourth-order valence-electron chi connectivity index (χ4n) is 0.0972. The molecule has 0 aromatic carbocycles. The molecule has 38 valence electrons. The fraction of sp³-hybridized carbons (Fsp3) is 1.00. The molecule has 4 heteroatoms. The first kappa shape index (κ1) is 6.75. The third-order valence-corrected chi connectivity index (χ3v) is 1.41. The Bertz CT molecular complexity index is 85.3. The van der Waals surface area contributed by atoms with E-state index in [9.17, 15) is 0 Å². The van der Waals surface area contributed by atoms with Crippen LogP contribution in [0.4, 0.5) is 0 Å². The van der Waals surface area contributed by atoms with Crippen LogP contribution in [0.1, 0.15) is 6.92 Å². The molecule has 0 atom stereocenters. The Morgan fingerprint density at radius 2 is 2.50 bits per heavy atom. The van der Waals surface area contributed by atoms with Crippen LogP contribution in [0.5, 0.6) is 0 Å². The van der Waals surface area contributed by atoms with Crippen LogP contribution in [0.15, 0.2) is 0 Å². The van der Waals surface area contributed by atoms with E-state index in [1.807, 2.05) is 6.92 Å². The van der Waals surface area contributed by atoms with E-state index in [1.165, 1.54) is 0 Å². The van der Waals surface area contributed by atoms with Gasteiger partial charge in [-0.15, -0.1) is 7.98 Å². The fourth-order valence-corrected chi connectivity index (χ4v) is 1.05. The van der Waals surface area contributed by atoms with E-state index < -0.39 is 7.98 Å². The van der Waals surface area contributed by atoms with Gasteiger partial charge in [-0.1, -0.05) is 0 Å². The molecule has 0 aromatic rings. The largest absolute Gasteiger partial charge is 0.452 e. The van der Waals surface area contributed by atoms with Gasteiger partial charge in [-0.2, -0.15) is 21.2 Å². The van der Waals surface area contributed by atoms with Crippen LogP contribution in [0, 0.1) is 4.61 Å². The molecule has 0 aliphatic rings. The highest BCUT2D eigenvalue weighted by molar-refractivity contribution is 14.2. The third-order valence-electron chi connectivity index (χ3n) is 0.215. The molecule has 0 heterocycles. The van der Waals surface area contributed by atoms with Crippen LogP contribution >= 0.6 is 21.2 Å². The Morgan fingerprint density at radius 3 is 2.50 bits per heavy atom. The van der Waals surface area contributed by atoms with Crippen molar-refractivity contribution in [1.29, 1.82) is 4.61 Å². The molecule has 0 spiro atoms. The smallest absolute Gasteiger partial charge is 0.0220 e. The first-order chi connectivity index (χ1) is 2.77. The molecule has 0 radical (unpaired) electrons. The second-order valence-corrected chi connectivity index (χ2v) is 3.52. The van der Waals surface area contributed by atoms with Crippen LogP contribution in [-0.4, -0.2) is 6.61 Å². The number of hydrogen-bond acceptors (Lipinski definition) is 3. The molecule has 0 unspecified atom stereocenters. The highest BCUT2D eigenvalue weighted by Gasteiger charge is 1.60. The van der Waals surface area contributed by atoms with Gasteiger partial charge in [0.1, 0.15) is 0 Å². The van der Waals surface area contributed by atoms with E-state index in [4.69, 9.17) is 4.61 Å². The van der Waals surface area contributed by atoms with Gasteiger partial charge in [0.15, 0.2) is 0 Å². The highest BCUT2D eigenvalue weighted by Crippen LogP contribution is 1.91. The molecule has 0 N–H and O–H groups in total. The Balaban J connectivity index is 2.91. The molecule has 0 fully saturated rings. The molecule has 0 aliphatic heterocycles. The van der Waals surface area contributed by atoms with Gasteiger partial charge in [0, 0.05) is 6.61 Å². The van der Waals surface area contributed by atoms with Gasteiger partial charge in [0.05, 0.1) is 0 Å². The monoisotopic (exact) mass is 218 g/mol. The van der Waals surface area contributed by atoms with E-state index in [2.05, 4.69) is 4.18 Å². The Labute approximate surface area is 51.6 Å². The van der Waals surface area contributed by atoms with E-state index in [0.29, 0.717) is 6.61 Å². The van der Waals surface area contributed by atoms with Gasteiger partial charge < -0.3 is 8.79 Å². The van der Waals surface area contributed by atoms with Crippen molar-refractivity contribution in [2.24, 2.45) is 0 Å². The Morgan fingerprint density at radius 1 is 2.00 bits per heavy atom. The topological polar surface area (TPSA) is 33.0 Å². The number of nitrogens with zero attached hydrogens (tertiary/aromatic N) is 1. The average molecular weight is 218 g/mol. The summed E-state index contributed by atoms with van der Waals surface area (Å²) in [5.41, 5.74) is 0. The van der Waals surface area contributed by atoms with E-state index in [0.717, 1.165) is 0 Å². The summed E-state index contributed by atoms with van der Waals surface area (Å²) in [5.74, 6) is 0. The van der Waals surface area contributed by atoms with Crippen LogP contribution in [-0.2, 0) is 12.2 Å². The maximum Gasteiger partial charge on any atom is 0.0220 e. The highest BCUT2D eigenvalue weighted by atomic mass is 127. The zero-order valence-electron chi connectivity index (χ0n) is 3.35. The van der Waals surface area contributed by atoms with Crippen molar-refractivity contribution in [1.82, 2.24) is 0 Å². The summed E-state index contributed by atoms with van der Waals surface area (Å²) in [6.07, 6.45) is 0. The van der Waals surface area contributed by atoms with Crippen molar-refractivity contribution in [3.05, 3.63) is 0 Å². The Kier molecular flexibility index (Phi) is 4.41. The van der Waals surface area contributed by atoms with Crippen LogP contribution in [0.25, 0.3) is 0 Å². The molecule has 6 heavy (non-hydrogen) atoms. The SMILES string of the molecule is CCO[S-](#N)I. The van der Waals surface area contributed by atoms with E-state index in [1.54, 1.807) is 21.2 Å². The molecule has 0 aromatic heterocycles. The van der Waals surface area contributed by atoms with Crippen molar-refractivity contribution >= 4 is 29.2 Å². The minimum absolute atomic E-state index is 0.586. The summed E-state index contributed by atoms with van der Waals surface area (Å²) in [7, 11) is -0.846. The van der Waals surface area contributed by atoms with Crippen LogP contribution < -0.4 is 0 Å². The molecular weight excluding hydrogens is 213 g/mol. The van der Waals surface area contributed by atoms with E-state index in [-0.39, 0.29) is 0 Å². The molecule has 0 saturated carbocycles. The lowest BCUT2D eigenvalue weighted by molar-refractivity contribution is 0.402. The first-order valence-corrected chi connectivity index (χ1v) is 5.15. The molecule has 0 saturated heterocycles. The van der Waals surface area contributed by atoms with Crippen molar-refractivity contribution in [3.63, 3.8) is 0 Å². The van der Waals surface area contributed by atoms with Crippen molar-refractivity contribution in [3.8, 4) is 0 Å².